The van der Waals surface area contributed by atoms with Crippen LogP contribution in [0.4, 0.5) is 4.79 Å². The number of aryl methyl sites for hydroxylation is 2. The molecule has 0 bridgehead atoms. The monoisotopic (exact) mass is 433 g/mol. The van der Waals surface area contributed by atoms with Gasteiger partial charge in [0.1, 0.15) is 11.5 Å². The van der Waals surface area contributed by atoms with Crippen molar-refractivity contribution in [3.05, 3.63) is 87.5 Å². The summed E-state index contributed by atoms with van der Waals surface area (Å²) in [7, 11) is 0. The van der Waals surface area contributed by atoms with Crippen molar-refractivity contribution in [2.24, 2.45) is 0 Å². The molecule has 1 fully saturated rings. The second kappa shape index (κ2) is 8.28. The lowest BCUT2D eigenvalue weighted by Gasteiger charge is -2.12. The summed E-state index contributed by atoms with van der Waals surface area (Å²) in [5.74, 6) is -0.477. The van der Waals surface area contributed by atoms with Crippen molar-refractivity contribution in [3.8, 4) is 11.3 Å². The number of amides is 2. The van der Waals surface area contributed by atoms with Gasteiger partial charge in [-0.15, -0.1) is 0 Å². The maximum atomic E-state index is 12.8. The number of aromatic carboxylic acids is 1. The summed E-state index contributed by atoms with van der Waals surface area (Å²) in [5, 5.41) is 8.90. The fourth-order valence-electron chi connectivity index (χ4n) is 3.24. The summed E-state index contributed by atoms with van der Waals surface area (Å²) in [4.78, 5) is 37.9. The van der Waals surface area contributed by atoms with E-state index in [9.17, 15) is 19.5 Å². The molecule has 1 saturated heterocycles. The Morgan fingerprint density at radius 1 is 1.06 bits per heavy atom. The van der Waals surface area contributed by atoms with Crippen molar-refractivity contribution in [1.82, 2.24) is 4.90 Å². The van der Waals surface area contributed by atoms with Gasteiger partial charge in [0.15, 0.2) is 0 Å². The van der Waals surface area contributed by atoms with Crippen LogP contribution in [-0.2, 0) is 11.3 Å². The predicted octanol–water partition coefficient (Wildman–Crippen LogP) is 5.50. The number of nitrogens with zero attached hydrogens (tertiary/aromatic N) is 1. The van der Waals surface area contributed by atoms with Crippen LogP contribution in [0, 0.1) is 13.8 Å². The van der Waals surface area contributed by atoms with Crippen LogP contribution in [0.25, 0.3) is 17.4 Å². The normalized spacial score (nSPS) is 15.2. The molecule has 0 saturated carbocycles. The smallest absolute Gasteiger partial charge is 0.335 e. The zero-order chi connectivity index (χ0) is 22.1. The van der Waals surface area contributed by atoms with Gasteiger partial charge in [0, 0.05) is 11.6 Å². The molecule has 1 N–H and O–H groups in total. The van der Waals surface area contributed by atoms with Crippen LogP contribution in [0.5, 0.6) is 0 Å². The van der Waals surface area contributed by atoms with Crippen molar-refractivity contribution >= 4 is 35.0 Å². The lowest BCUT2D eigenvalue weighted by molar-refractivity contribution is -0.123. The molecule has 0 unspecified atom stereocenters. The lowest BCUT2D eigenvalue weighted by atomic mass is 10.0. The van der Waals surface area contributed by atoms with Crippen LogP contribution in [0.15, 0.2) is 63.9 Å². The first-order valence-electron chi connectivity index (χ1n) is 9.57. The number of carbonyl (C=O) groups is 3. The van der Waals surface area contributed by atoms with Crippen LogP contribution in [0.2, 0.25) is 0 Å². The van der Waals surface area contributed by atoms with Crippen molar-refractivity contribution in [2.45, 2.75) is 20.4 Å². The van der Waals surface area contributed by atoms with Gasteiger partial charge in [-0.1, -0.05) is 35.9 Å². The Hall–Kier alpha value is -3.58. The number of benzene rings is 2. The molecule has 6 nitrogen and oxygen atoms in total. The molecule has 7 heteroatoms. The highest BCUT2D eigenvalue weighted by Gasteiger charge is 2.35. The van der Waals surface area contributed by atoms with Crippen LogP contribution in [0.1, 0.15) is 32.8 Å². The fraction of sp³-hybridized carbons (Fsp3) is 0.125. The number of imide groups is 1. The van der Waals surface area contributed by atoms with E-state index in [1.54, 1.807) is 30.3 Å². The number of carbonyl (C=O) groups excluding carboxylic acids is 2. The SMILES string of the molecule is Cc1ccc(CN2C(=O)S/C(=C\c3ccc(-c4cc(C(=O)O)ccc4C)o3)C2=O)cc1. The maximum absolute atomic E-state index is 12.8. The fourth-order valence-corrected chi connectivity index (χ4v) is 4.06. The number of carboxylic acids is 1. The highest BCUT2D eigenvalue weighted by molar-refractivity contribution is 8.18. The Kier molecular flexibility index (Phi) is 5.52. The molecule has 0 radical (unpaired) electrons. The first-order chi connectivity index (χ1) is 14.8. The zero-order valence-corrected chi connectivity index (χ0v) is 17.7. The van der Waals surface area contributed by atoms with Crippen LogP contribution in [-0.4, -0.2) is 27.1 Å². The molecule has 31 heavy (non-hydrogen) atoms. The van der Waals surface area contributed by atoms with Crippen LogP contribution < -0.4 is 0 Å². The van der Waals surface area contributed by atoms with Crippen molar-refractivity contribution < 1.29 is 23.9 Å². The average molecular weight is 433 g/mol. The van der Waals surface area contributed by atoms with Crippen molar-refractivity contribution in [2.75, 3.05) is 0 Å². The van der Waals surface area contributed by atoms with E-state index in [1.165, 1.54) is 11.0 Å². The quantitative estimate of drug-likeness (QED) is 0.535. The molecule has 0 spiro atoms. The van der Waals surface area contributed by atoms with E-state index >= 15 is 0 Å². The molecule has 0 aliphatic carbocycles. The van der Waals surface area contributed by atoms with E-state index in [2.05, 4.69) is 0 Å². The molecule has 4 rings (SSSR count). The Labute approximate surface area is 183 Å². The van der Waals surface area contributed by atoms with E-state index in [-0.39, 0.29) is 28.2 Å². The van der Waals surface area contributed by atoms with Crippen LogP contribution in [0.3, 0.4) is 0 Å². The molecule has 2 amide bonds. The second-order valence-corrected chi connectivity index (χ2v) is 8.28. The molecule has 2 aromatic carbocycles. The van der Waals surface area contributed by atoms with Gasteiger partial charge < -0.3 is 9.52 Å². The molecule has 2 heterocycles. The van der Waals surface area contributed by atoms with Gasteiger partial charge >= 0.3 is 5.97 Å². The van der Waals surface area contributed by atoms with Gasteiger partial charge in [-0.25, -0.2) is 4.79 Å². The summed E-state index contributed by atoms with van der Waals surface area (Å²) in [5.41, 5.74) is 3.67. The molecule has 156 valence electrons. The summed E-state index contributed by atoms with van der Waals surface area (Å²) < 4.78 is 5.83. The Morgan fingerprint density at radius 3 is 2.52 bits per heavy atom. The average Bonchev–Trinajstić information content (AvgIpc) is 3.30. The molecule has 1 aromatic heterocycles. The van der Waals surface area contributed by atoms with Crippen molar-refractivity contribution in [1.29, 1.82) is 0 Å². The third-order valence-corrected chi connectivity index (χ3v) is 5.89. The summed E-state index contributed by atoms with van der Waals surface area (Å²) in [6.45, 7) is 4.05. The van der Waals surface area contributed by atoms with Crippen LogP contribution >= 0.6 is 11.8 Å². The molecular formula is C24H19NO5S. The van der Waals surface area contributed by atoms with E-state index < -0.39 is 5.97 Å². The number of thioether (sulfide) groups is 1. The number of rotatable bonds is 5. The molecule has 3 aromatic rings. The Balaban J connectivity index is 1.56. The second-order valence-electron chi connectivity index (χ2n) is 7.29. The zero-order valence-electron chi connectivity index (χ0n) is 16.9. The Morgan fingerprint density at radius 2 is 1.81 bits per heavy atom. The third-order valence-electron chi connectivity index (χ3n) is 4.98. The minimum Gasteiger partial charge on any atom is -0.478 e. The van der Waals surface area contributed by atoms with Gasteiger partial charge in [0.2, 0.25) is 0 Å². The van der Waals surface area contributed by atoms with Crippen molar-refractivity contribution in [3.63, 3.8) is 0 Å². The summed E-state index contributed by atoms with van der Waals surface area (Å²) in [6.07, 6.45) is 1.54. The van der Waals surface area contributed by atoms with E-state index in [4.69, 9.17) is 4.42 Å². The van der Waals surface area contributed by atoms with Gasteiger partial charge in [0.25, 0.3) is 11.1 Å². The maximum Gasteiger partial charge on any atom is 0.335 e. The number of carboxylic acid groups (broad SMARTS) is 1. The molecule has 1 aliphatic heterocycles. The first kappa shape index (κ1) is 20.7. The summed E-state index contributed by atoms with van der Waals surface area (Å²) in [6, 6.07) is 15.9. The molecular weight excluding hydrogens is 414 g/mol. The number of hydrogen-bond acceptors (Lipinski definition) is 5. The van der Waals surface area contributed by atoms with Gasteiger partial charge in [-0.3, -0.25) is 14.5 Å². The molecule has 1 aliphatic rings. The highest BCUT2D eigenvalue weighted by Crippen LogP contribution is 2.34. The number of hydrogen-bond donors (Lipinski definition) is 1. The minimum atomic E-state index is -1.02. The van der Waals surface area contributed by atoms with E-state index in [0.29, 0.717) is 17.1 Å². The largest absolute Gasteiger partial charge is 0.478 e. The molecule has 0 atom stereocenters. The van der Waals surface area contributed by atoms with Gasteiger partial charge in [-0.2, -0.15) is 0 Å². The highest BCUT2D eigenvalue weighted by atomic mass is 32.2. The minimum absolute atomic E-state index is 0.163. The van der Waals surface area contributed by atoms with E-state index in [1.807, 2.05) is 38.1 Å². The number of furan rings is 1. The summed E-state index contributed by atoms with van der Waals surface area (Å²) >= 11 is 0.874. The predicted molar refractivity (Wildman–Crippen MR) is 119 cm³/mol. The van der Waals surface area contributed by atoms with E-state index in [0.717, 1.165) is 28.5 Å². The Bertz CT molecular complexity index is 1220. The first-order valence-corrected chi connectivity index (χ1v) is 10.4. The third kappa shape index (κ3) is 4.32. The lowest BCUT2D eigenvalue weighted by Crippen LogP contribution is -2.27. The topological polar surface area (TPSA) is 87.8 Å². The van der Waals surface area contributed by atoms with Gasteiger partial charge in [0.05, 0.1) is 17.0 Å². The van der Waals surface area contributed by atoms with Gasteiger partial charge in [-0.05, 0) is 61.0 Å². The standard InChI is InChI=1S/C24H19NO5S/c1-14-3-6-16(7-4-14)13-25-22(26)21(31-24(25)29)12-18-9-10-20(30-18)19-11-17(23(27)28)8-5-15(19)2/h3-12H,13H2,1-2H3,(H,27,28)/b21-12-.